The number of ether oxygens (including phenoxy) is 1. The molecule has 2 atom stereocenters. The largest absolute Gasteiger partial charge is 0.471 e. The van der Waals surface area contributed by atoms with E-state index in [4.69, 9.17) is 4.74 Å². The van der Waals surface area contributed by atoms with Crippen molar-refractivity contribution in [3.63, 3.8) is 0 Å². The fourth-order valence-electron chi connectivity index (χ4n) is 3.53. The minimum absolute atomic E-state index is 0.0848. The van der Waals surface area contributed by atoms with Gasteiger partial charge in [-0.15, -0.1) is 0 Å². The van der Waals surface area contributed by atoms with E-state index < -0.39 is 30.1 Å². The van der Waals surface area contributed by atoms with E-state index in [0.717, 1.165) is 6.42 Å². The summed E-state index contributed by atoms with van der Waals surface area (Å²) in [5, 5.41) is 15.3. The number of likely N-dealkylation sites (tertiary alicyclic amines) is 1. The van der Waals surface area contributed by atoms with Crippen LogP contribution in [0.3, 0.4) is 0 Å². The molecule has 0 unspecified atom stereocenters. The number of urea groups is 1. The van der Waals surface area contributed by atoms with Crippen LogP contribution in [0.2, 0.25) is 0 Å². The number of carbonyl (C=O) groups excluding carboxylic acids is 2. The third-order valence-corrected chi connectivity index (χ3v) is 5.43. The van der Waals surface area contributed by atoms with Crippen molar-refractivity contribution in [2.45, 2.75) is 31.1 Å². The van der Waals surface area contributed by atoms with Gasteiger partial charge in [0.05, 0.1) is 18.7 Å². The van der Waals surface area contributed by atoms with E-state index >= 15 is 0 Å². The SMILES string of the molecule is COC[C@H](CNC(=O)c1ccc(-c2noc(C(F)(F)F)n2)cc1)N(C)C(=O)N1CCC[C@@H]1C#N. The van der Waals surface area contributed by atoms with Crippen LogP contribution < -0.4 is 5.32 Å². The molecule has 0 bridgehead atoms. The van der Waals surface area contributed by atoms with Crippen LogP contribution in [-0.2, 0) is 10.9 Å². The van der Waals surface area contributed by atoms with Crippen LogP contribution in [-0.4, -0.2) is 77.8 Å². The molecule has 0 aliphatic carbocycles. The first-order chi connectivity index (χ1) is 16.2. The summed E-state index contributed by atoms with van der Waals surface area (Å²) in [5.41, 5.74) is 0.494. The maximum Gasteiger partial charge on any atom is 0.471 e. The van der Waals surface area contributed by atoms with Crippen molar-refractivity contribution in [2.24, 2.45) is 0 Å². The van der Waals surface area contributed by atoms with Gasteiger partial charge in [-0.1, -0.05) is 17.3 Å². The van der Waals surface area contributed by atoms with Crippen LogP contribution in [0.25, 0.3) is 11.4 Å². The molecule has 182 valence electrons. The lowest BCUT2D eigenvalue weighted by molar-refractivity contribution is -0.159. The summed E-state index contributed by atoms with van der Waals surface area (Å²) in [6, 6.07) is 6.47. The van der Waals surface area contributed by atoms with Crippen molar-refractivity contribution in [1.82, 2.24) is 25.3 Å². The van der Waals surface area contributed by atoms with Crippen molar-refractivity contribution in [3.05, 3.63) is 35.7 Å². The Morgan fingerprint density at radius 3 is 2.68 bits per heavy atom. The lowest BCUT2D eigenvalue weighted by Gasteiger charge is -2.32. The number of nitriles is 1. The zero-order valence-corrected chi connectivity index (χ0v) is 18.5. The summed E-state index contributed by atoms with van der Waals surface area (Å²) in [4.78, 5) is 31.7. The number of rotatable bonds is 7. The number of aromatic nitrogens is 2. The molecular formula is C21H23F3N6O4. The number of halogens is 3. The van der Waals surface area contributed by atoms with Gasteiger partial charge in [0.1, 0.15) is 6.04 Å². The molecule has 1 aromatic carbocycles. The van der Waals surface area contributed by atoms with Gasteiger partial charge in [0.2, 0.25) is 5.82 Å². The third-order valence-electron chi connectivity index (χ3n) is 5.43. The first-order valence-electron chi connectivity index (χ1n) is 10.4. The molecule has 1 saturated heterocycles. The van der Waals surface area contributed by atoms with Crippen molar-refractivity contribution >= 4 is 11.9 Å². The number of likely N-dealkylation sites (N-methyl/N-ethyl adjacent to an activating group) is 1. The summed E-state index contributed by atoms with van der Waals surface area (Å²) in [6.07, 6.45) is -3.37. The van der Waals surface area contributed by atoms with Crippen LogP contribution in [0.5, 0.6) is 0 Å². The van der Waals surface area contributed by atoms with E-state index in [1.165, 1.54) is 41.2 Å². The van der Waals surface area contributed by atoms with E-state index in [0.29, 0.717) is 13.0 Å². The number of nitrogens with zero attached hydrogens (tertiary/aromatic N) is 5. The number of benzene rings is 1. The molecule has 3 rings (SSSR count). The summed E-state index contributed by atoms with van der Waals surface area (Å²) < 4.78 is 47.3. The number of alkyl halides is 3. The number of hydrogen-bond donors (Lipinski definition) is 1. The fourth-order valence-corrected chi connectivity index (χ4v) is 3.53. The van der Waals surface area contributed by atoms with Crippen LogP contribution in [0.15, 0.2) is 28.8 Å². The highest BCUT2D eigenvalue weighted by Gasteiger charge is 2.38. The van der Waals surface area contributed by atoms with Crippen LogP contribution >= 0.6 is 0 Å². The van der Waals surface area contributed by atoms with Gasteiger partial charge < -0.3 is 24.4 Å². The van der Waals surface area contributed by atoms with Crippen LogP contribution in [0, 0.1) is 11.3 Å². The normalized spacial score (nSPS) is 16.7. The van der Waals surface area contributed by atoms with Gasteiger partial charge in [-0.05, 0) is 25.0 Å². The third kappa shape index (κ3) is 5.63. The van der Waals surface area contributed by atoms with Crippen molar-refractivity contribution in [1.29, 1.82) is 5.26 Å². The predicted octanol–water partition coefficient (Wildman–Crippen LogP) is 2.54. The average molecular weight is 480 g/mol. The summed E-state index contributed by atoms with van der Waals surface area (Å²) in [7, 11) is 3.06. The molecular weight excluding hydrogens is 457 g/mol. The molecule has 10 nitrogen and oxygen atoms in total. The molecule has 0 radical (unpaired) electrons. The highest BCUT2D eigenvalue weighted by atomic mass is 19.4. The maximum absolute atomic E-state index is 12.8. The fraction of sp³-hybridized carbons (Fsp3) is 0.476. The highest BCUT2D eigenvalue weighted by Crippen LogP contribution is 2.29. The number of nitrogens with one attached hydrogen (secondary N) is 1. The van der Waals surface area contributed by atoms with Gasteiger partial charge in [0.15, 0.2) is 0 Å². The van der Waals surface area contributed by atoms with E-state index in [9.17, 15) is 28.0 Å². The van der Waals surface area contributed by atoms with Gasteiger partial charge in [-0.25, -0.2) is 4.79 Å². The molecule has 1 aliphatic heterocycles. The van der Waals surface area contributed by atoms with E-state index in [-0.39, 0.29) is 36.1 Å². The Hall–Kier alpha value is -3.66. The monoisotopic (exact) mass is 480 g/mol. The quantitative estimate of drug-likeness (QED) is 0.646. The number of methoxy groups -OCH3 is 1. The first kappa shape index (κ1) is 25.0. The second-order valence-electron chi connectivity index (χ2n) is 7.69. The Bertz CT molecular complexity index is 1050. The van der Waals surface area contributed by atoms with Gasteiger partial charge in [-0.2, -0.15) is 23.4 Å². The smallest absolute Gasteiger partial charge is 0.382 e. The molecule has 1 N–H and O–H groups in total. The molecule has 34 heavy (non-hydrogen) atoms. The Balaban J connectivity index is 1.62. The zero-order chi connectivity index (χ0) is 24.9. The Labute approximate surface area is 193 Å². The second-order valence-corrected chi connectivity index (χ2v) is 7.69. The number of hydrogen-bond acceptors (Lipinski definition) is 7. The Morgan fingerprint density at radius 2 is 2.09 bits per heavy atom. The molecule has 0 spiro atoms. The Morgan fingerprint density at radius 1 is 1.38 bits per heavy atom. The van der Waals surface area contributed by atoms with Crippen LogP contribution in [0.1, 0.15) is 29.1 Å². The summed E-state index contributed by atoms with van der Waals surface area (Å²) in [5.74, 6) is -2.16. The minimum atomic E-state index is -4.75. The average Bonchev–Trinajstić information content (AvgIpc) is 3.50. The van der Waals surface area contributed by atoms with Crippen molar-refractivity contribution < 1.29 is 32.0 Å². The van der Waals surface area contributed by atoms with Gasteiger partial charge in [-0.3, -0.25) is 4.79 Å². The van der Waals surface area contributed by atoms with Gasteiger partial charge in [0, 0.05) is 38.4 Å². The van der Waals surface area contributed by atoms with Crippen molar-refractivity contribution in [3.8, 4) is 17.5 Å². The molecule has 1 aliphatic rings. The molecule has 2 heterocycles. The van der Waals surface area contributed by atoms with Crippen molar-refractivity contribution in [2.75, 3.05) is 33.9 Å². The Kier molecular flexibility index (Phi) is 7.72. The molecule has 0 saturated carbocycles. The van der Waals surface area contributed by atoms with E-state index in [2.05, 4.69) is 26.0 Å². The minimum Gasteiger partial charge on any atom is -0.382 e. The van der Waals surface area contributed by atoms with E-state index in [1.54, 1.807) is 7.05 Å². The van der Waals surface area contributed by atoms with Gasteiger partial charge >= 0.3 is 18.1 Å². The summed E-state index contributed by atoms with van der Waals surface area (Å²) in [6.45, 7) is 0.734. The maximum atomic E-state index is 12.8. The second kappa shape index (κ2) is 10.5. The lowest BCUT2D eigenvalue weighted by atomic mass is 10.1. The molecule has 3 amide bonds. The van der Waals surface area contributed by atoms with E-state index in [1.807, 2.05) is 0 Å². The molecule has 13 heteroatoms. The highest BCUT2D eigenvalue weighted by molar-refractivity contribution is 5.94. The zero-order valence-electron chi connectivity index (χ0n) is 18.5. The van der Waals surface area contributed by atoms with Gasteiger partial charge in [0.25, 0.3) is 5.91 Å². The number of amides is 3. The topological polar surface area (TPSA) is 125 Å². The first-order valence-corrected chi connectivity index (χ1v) is 10.4. The summed E-state index contributed by atoms with van der Waals surface area (Å²) >= 11 is 0. The number of carbonyl (C=O) groups is 2. The molecule has 2 aromatic rings. The van der Waals surface area contributed by atoms with Crippen LogP contribution in [0.4, 0.5) is 18.0 Å². The lowest BCUT2D eigenvalue weighted by Crippen LogP contribution is -2.52. The molecule has 1 aromatic heterocycles. The predicted molar refractivity (Wildman–Crippen MR) is 111 cm³/mol. The molecule has 1 fully saturated rings. The standard InChI is InChI=1S/C21H23F3N6O4/c1-29(20(32)30-9-3-4-15(30)10-25)16(12-33-2)11-26-18(31)14-7-5-13(6-8-14)17-27-19(34-28-17)21(22,23)24/h5-8,15-16H,3-4,9,11-12H2,1-2H3,(H,26,31)/t15-,16+/m1/s1.